The number of amides is 1. The van der Waals surface area contributed by atoms with Crippen molar-refractivity contribution >= 4 is 34.6 Å². The quantitative estimate of drug-likeness (QED) is 0.379. The Morgan fingerprint density at radius 1 is 1.20 bits per heavy atom. The van der Waals surface area contributed by atoms with Crippen LogP contribution in [-0.4, -0.2) is 67.2 Å². The van der Waals surface area contributed by atoms with E-state index in [0.29, 0.717) is 47.8 Å². The number of methoxy groups -OCH3 is 1. The lowest BCUT2D eigenvalue weighted by atomic mass is 10.0. The number of likely N-dealkylation sites (N-methyl/N-ethyl adjacent to an activating group) is 1. The first-order valence-corrected chi connectivity index (χ1v) is 13.3. The number of carbonyl (C=O) groups excluding carboxylic acids is 1. The molecule has 2 aromatic carbocycles. The second-order valence-electron chi connectivity index (χ2n) is 10.0. The Bertz CT molecular complexity index is 1440. The molecular formula is C29H33F2N7O3. The summed E-state index contributed by atoms with van der Waals surface area (Å²) in [5.74, 6) is -0.842. The van der Waals surface area contributed by atoms with Crippen LogP contribution in [0.25, 0.3) is 0 Å². The van der Waals surface area contributed by atoms with Crippen LogP contribution in [0.2, 0.25) is 0 Å². The van der Waals surface area contributed by atoms with Gasteiger partial charge >= 0.3 is 0 Å². The van der Waals surface area contributed by atoms with Crippen LogP contribution in [0.1, 0.15) is 24.9 Å². The van der Waals surface area contributed by atoms with E-state index >= 15 is 0 Å². The van der Waals surface area contributed by atoms with E-state index in [-0.39, 0.29) is 11.5 Å². The summed E-state index contributed by atoms with van der Waals surface area (Å²) in [5.41, 5.74) is 2.16. The van der Waals surface area contributed by atoms with Crippen molar-refractivity contribution in [2.45, 2.75) is 25.4 Å². The fourth-order valence-corrected chi connectivity index (χ4v) is 5.08. The van der Waals surface area contributed by atoms with E-state index in [0.717, 1.165) is 31.4 Å². The summed E-state index contributed by atoms with van der Waals surface area (Å²) < 4.78 is 34.3. The second kappa shape index (κ2) is 12.1. The van der Waals surface area contributed by atoms with Gasteiger partial charge in [0.25, 0.3) is 0 Å². The minimum absolute atomic E-state index is 0.189. The Morgan fingerprint density at radius 2 is 2.02 bits per heavy atom. The van der Waals surface area contributed by atoms with Crippen LogP contribution < -0.4 is 25.3 Å². The zero-order chi connectivity index (χ0) is 29.1. The molecule has 2 saturated heterocycles. The van der Waals surface area contributed by atoms with Crippen LogP contribution in [0.15, 0.2) is 55.4 Å². The summed E-state index contributed by atoms with van der Waals surface area (Å²) in [6.45, 7) is 8.50. The number of hydrogen-bond acceptors (Lipinski definition) is 9. The Kier molecular flexibility index (Phi) is 8.31. The molecule has 2 aliphatic heterocycles. The number of piperazine rings is 1. The molecule has 2 atom stereocenters. The monoisotopic (exact) mass is 565 g/mol. The number of aromatic nitrogens is 2. The largest absolute Gasteiger partial charge is 0.494 e. The molecule has 41 heavy (non-hydrogen) atoms. The minimum Gasteiger partial charge on any atom is -0.494 e. The molecule has 12 heteroatoms. The number of nitrogens with one attached hydrogen (secondary N) is 2. The van der Waals surface area contributed by atoms with Gasteiger partial charge in [0.05, 0.1) is 36.8 Å². The van der Waals surface area contributed by atoms with Gasteiger partial charge in [0.2, 0.25) is 5.91 Å². The molecule has 3 heterocycles. The molecule has 3 aromatic rings. The van der Waals surface area contributed by atoms with Gasteiger partial charge < -0.3 is 25.2 Å². The molecule has 0 bridgehead atoms. The number of nitrogens with zero attached hydrogens (tertiary/aromatic N) is 5. The number of carbonyl (C=O) groups is 1. The van der Waals surface area contributed by atoms with Crippen molar-refractivity contribution in [3.63, 3.8) is 0 Å². The molecule has 1 amide bonds. The summed E-state index contributed by atoms with van der Waals surface area (Å²) in [6.07, 6.45) is 3.03. The SMILES string of the molecule is C=CC(=O)Nc1cc(Nc2cc(N3OCC[C@@H]3c3cccc(F)c3F)ncn2)c(OC)cc1N1CCN(C)[C@@H](C)C1. The maximum Gasteiger partial charge on any atom is 0.247 e. The summed E-state index contributed by atoms with van der Waals surface area (Å²) >= 11 is 0. The first kappa shape index (κ1) is 28.2. The van der Waals surface area contributed by atoms with Crippen LogP contribution in [0.4, 0.5) is 37.5 Å². The molecule has 5 rings (SSSR count). The highest BCUT2D eigenvalue weighted by Gasteiger charge is 2.32. The Labute approximate surface area is 237 Å². The van der Waals surface area contributed by atoms with Crippen LogP contribution in [0, 0.1) is 11.6 Å². The van der Waals surface area contributed by atoms with Gasteiger partial charge in [-0.2, -0.15) is 0 Å². The van der Waals surface area contributed by atoms with E-state index in [9.17, 15) is 13.6 Å². The zero-order valence-corrected chi connectivity index (χ0v) is 23.2. The van der Waals surface area contributed by atoms with Gasteiger partial charge in [-0.3, -0.25) is 9.63 Å². The smallest absolute Gasteiger partial charge is 0.247 e. The van der Waals surface area contributed by atoms with E-state index in [1.165, 1.54) is 29.6 Å². The van der Waals surface area contributed by atoms with E-state index in [4.69, 9.17) is 9.57 Å². The lowest BCUT2D eigenvalue weighted by molar-refractivity contribution is -0.111. The number of hydrogen-bond donors (Lipinski definition) is 2. The van der Waals surface area contributed by atoms with Crippen molar-refractivity contribution in [3.05, 3.63) is 72.6 Å². The predicted octanol–water partition coefficient (Wildman–Crippen LogP) is 4.65. The molecule has 216 valence electrons. The normalized spacial score (nSPS) is 19.2. The fourth-order valence-electron chi connectivity index (χ4n) is 5.08. The number of rotatable bonds is 8. The van der Waals surface area contributed by atoms with E-state index in [1.807, 2.05) is 6.07 Å². The topological polar surface area (TPSA) is 95.1 Å². The average molecular weight is 566 g/mol. The van der Waals surface area contributed by atoms with Gasteiger partial charge in [-0.25, -0.2) is 23.8 Å². The fraction of sp³-hybridized carbons (Fsp3) is 0.345. The lowest BCUT2D eigenvalue weighted by Crippen LogP contribution is -2.50. The van der Waals surface area contributed by atoms with Gasteiger partial charge in [-0.05, 0) is 32.2 Å². The van der Waals surface area contributed by atoms with Crippen LogP contribution >= 0.6 is 0 Å². The summed E-state index contributed by atoms with van der Waals surface area (Å²) in [7, 11) is 3.66. The highest BCUT2D eigenvalue weighted by atomic mass is 19.2. The minimum atomic E-state index is -0.916. The van der Waals surface area contributed by atoms with Crippen LogP contribution in [-0.2, 0) is 9.63 Å². The van der Waals surface area contributed by atoms with Gasteiger partial charge in [0, 0.05) is 49.8 Å². The van der Waals surface area contributed by atoms with Crippen molar-refractivity contribution in [2.24, 2.45) is 0 Å². The highest BCUT2D eigenvalue weighted by Crippen LogP contribution is 2.40. The van der Waals surface area contributed by atoms with Crippen molar-refractivity contribution in [2.75, 3.05) is 61.0 Å². The zero-order valence-electron chi connectivity index (χ0n) is 23.2. The third-order valence-electron chi connectivity index (χ3n) is 7.45. The molecule has 1 aromatic heterocycles. The third kappa shape index (κ3) is 5.93. The molecular weight excluding hydrogens is 532 g/mol. The third-order valence-corrected chi connectivity index (χ3v) is 7.45. The van der Waals surface area contributed by atoms with Gasteiger partial charge in [0.15, 0.2) is 17.5 Å². The average Bonchev–Trinajstić information content (AvgIpc) is 3.46. The van der Waals surface area contributed by atoms with Crippen LogP contribution in [0.5, 0.6) is 5.75 Å². The number of hydroxylamine groups is 1. The van der Waals surface area contributed by atoms with Crippen LogP contribution in [0.3, 0.4) is 0 Å². The van der Waals surface area contributed by atoms with Crippen molar-refractivity contribution in [1.82, 2.24) is 14.9 Å². The maximum atomic E-state index is 14.6. The molecule has 2 aliphatic rings. The predicted molar refractivity (Wildman–Crippen MR) is 154 cm³/mol. The molecule has 0 unspecified atom stereocenters. The van der Waals surface area contributed by atoms with E-state index in [1.54, 1.807) is 19.2 Å². The second-order valence-corrected chi connectivity index (χ2v) is 10.0. The number of ether oxygens (including phenoxy) is 1. The van der Waals surface area contributed by atoms with E-state index in [2.05, 4.69) is 51.0 Å². The molecule has 0 spiro atoms. The Morgan fingerprint density at radius 3 is 2.78 bits per heavy atom. The summed E-state index contributed by atoms with van der Waals surface area (Å²) in [4.78, 5) is 31.3. The summed E-state index contributed by atoms with van der Waals surface area (Å²) in [5, 5.41) is 7.63. The molecule has 10 nitrogen and oxygen atoms in total. The molecule has 2 fully saturated rings. The lowest BCUT2D eigenvalue weighted by Gasteiger charge is -2.39. The van der Waals surface area contributed by atoms with Crippen molar-refractivity contribution < 1.29 is 23.1 Å². The summed E-state index contributed by atoms with van der Waals surface area (Å²) in [6, 6.07) is 9.18. The standard InChI is InChI=1S/C29H33F2N7O3/c1-5-28(39)35-21-13-22(25(40-4)14-24(21)37-11-10-36(3)18(2)16-37)34-26-15-27(33-17-32-26)38-23(9-12-41-38)19-7-6-8-20(30)29(19)31/h5-8,13-15,17-18,23H,1,9-12,16H2,2-4H3,(H,35,39)(H,32,33,34)/t18-,23+/m0/s1. The van der Waals surface area contributed by atoms with Crippen molar-refractivity contribution in [1.29, 1.82) is 0 Å². The molecule has 0 aliphatic carbocycles. The van der Waals surface area contributed by atoms with Gasteiger partial charge in [-0.1, -0.05) is 18.7 Å². The van der Waals surface area contributed by atoms with Gasteiger partial charge in [0.1, 0.15) is 17.9 Å². The maximum absolute atomic E-state index is 14.6. The van der Waals surface area contributed by atoms with Gasteiger partial charge in [-0.15, -0.1) is 0 Å². The highest BCUT2D eigenvalue weighted by molar-refractivity contribution is 6.02. The number of anilines is 5. The van der Waals surface area contributed by atoms with Crippen molar-refractivity contribution in [3.8, 4) is 5.75 Å². The molecule has 0 saturated carbocycles. The Balaban J connectivity index is 1.45. The van der Waals surface area contributed by atoms with E-state index < -0.39 is 17.7 Å². The first-order valence-electron chi connectivity index (χ1n) is 13.3. The molecule has 2 N–H and O–H groups in total. The molecule has 0 radical (unpaired) electrons. The number of halogens is 2. The number of benzene rings is 2. The first-order chi connectivity index (χ1) is 19.8. The Hall–Kier alpha value is -4.29.